The van der Waals surface area contributed by atoms with Crippen LogP contribution in [0, 0.1) is 12.8 Å². The zero-order chi connectivity index (χ0) is 14.6. The maximum atomic E-state index is 12.1. The fraction of sp³-hybridized carbons (Fsp3) is 0.667. The Morgan fingerprint density at radius 2 is 1.95 bits per heavy atom. The fourth-order valence-electron chi connectivity index (χ4n) is 4.03. The molecule has 0 spiro atoms. The van der Waals surface area contributed by atoms with Crippen LogP contribution >= 0.6 is 0 Å². The summed E-state index contributed by atoms with van der Waals surface area (Å²) in [5, 5.41) is 3.49. The quantitative estimate of drug-likeness (QED) is 0.844. The van der Waals surface area contributed by atoms with Crippen LogP contribution in [0.5, 0.6) is 0 Å². The molecule has 0 bridgehead atoms. The average Bonchev–Trinajstić information content (AvgIpc) is 3.01. The van der Waals surface area contributed by atoms with E-state index in [1.54, 1.807) is 0 Å². The van der Waals surface area contributed by atoms with E-state index in [2.05, 4.69) is 31.8 Å². The first-order chi connectivity index (χ1) is 10.1. The molecule has 6 nitrogen and oxygen atoms in total. The van der Waals surface area contributed by atoms with Gasteiger partial charge in [0, 0.05) is 0 Å². The Bertz CT molecular complexity index is 740. The van der Waals surface area contributed by atoms with Gasteiger partial charge in [-0.05, 0) is 32.6 Å². The molecular weight excluding hydrogens is 266 g/mol. The number of hydrogen-bond acceptors (Lipinski definition) is 4. The van der Waals surface area contributed by atoms with Gasteiger partial charge < -0.3 is 10.3 Å². The average molecular weight is 287 g/mol. The standard InChI is InChI=1S/C15H21N5O/c1-8-11(10-6-4-3-5-7-10)18-15-19-14(21)12-13(20(8)15)17-9(2)16-12/h8,10-11H,3-7H2,1-2H3,(H,16,17)(H,18,19,21)/t8?,11-/m0/s1. The Kier molecular flexibility index (Phi) is 2.80. The summed E-state index contributed by atoms with van der Waals surface area (Å²) in [6.07, 6.45) is 6.51. The maximum Gasteiger partial charge on any atom is 0.300 e. The molecule has 0 radical (unpaired) electrons. The van der Waals surface area contributed by atoms with Crippen molar-refractivity contribution in [1.29, 1.82) is 0 Å². The van der Waals surface area contributed by atoms with E-state index in [9.17, 15) is 4.79 Å². The summed E-state index contributed by atoms with van der Waals surface area (Å²) in [5.41, 5.74) is 1.04. The Hall–Kier alpha value is -1.85. The lowest BCUT2D eigenvalue weighted by atomic mass is 9.82. The van der Waals surface area contributed by atoms with Crippen molar-refractivity contribution in [2.24, 2.45) is 5.92 Å². The van der Waals surface area contributed by atoms with Crippen LogP contribution in [-0.4, -0.2) is 25.6 Å². The van der Waals surface area contributed by atoms with Gasteiger partial charge >= 0.3 is 5.56 Å². The number of anilines is 1. The van der Waals surface area contributed by atoms with E-state index < -0.39 is 0 Å². The number of aromatic amines is 1. The molecule has 1 aliphatic heterocycles. The number of H-pyrrole nitrogens is 1. The van der Waals surface area contributed by atoms with Gasteiger partial charge in [0.2, 0.25) is 5.95 Å². The molecule has 2 aromatic rings. The zero-order valence-corrected chi connectivity index (χ0v) is 12.5. The molecule has 21 heavy (non-hydrogen) atoms. The van der Waals surface area contributed by atoms with Gasteiger partial charge in [-0.15, -0.1) is 0 Å². The summed E-state index contributed by atoms with van der Waals surface area (Å²) in [7, 11) is 0. The first kappa shape index (κ1) is 12.9. The zero-order valence-electron chi connectivity index (χ0n) is 12.5. The third kappa shape index (κ3) is 1.88. The van der Waals surface area contributed by atoms with Crippen molar-refractivity contribution in [2.75, 3.05) is 5.32 Å². The molecule has 6 heteroatoms. The van der Waals surface area contributed by atoms with Crippen molar-refractivity contribution in [3.63, 3.8) is 0 Å². The molecule has 3 heterocycles. The highest BCUT2D eigenvalue weighted by atomic mass is 16.1. The number of hydrogen-bond donors (Lipinski definition) is 2. The largest absolute Gasteiger partial charge is 0.350 e. The number of nitrogens with zero attached hydrogens (tertiary/aromatic N) is 3. The Morgan fingerprint density at radius 3 is 2.71 bits per heavy atom. The molecule has 2 aromatic heterocycles. The molecule has 4 rings (SSSR count). The van der Waals surface area contributed by atoms with Gasteiger partial charge in [-0.25, -0.2) is 4.98 Å². The van der Waals surface area contributed by atoms with E-state index in [1.165, 1.54) is 32.1 Å². The molecule has 1 unspecified atom stereocenters. The molecule has 112 valence electrons. The molecule has 0 amide bonds. The molecule has 2 aliphatic rings. The summed E-state index contributed by atoms with van der Waals surface area (Å²) in [5.74, 6) is 2.11. The minimum atomic E-state index is -0.221. The van der Waals surface area contributed by atoms with Crippen LogP contribution in [0.1, 0.15) is 50.9 Å². The van der Waals surface area contributed by atoms with Crippen LogP contribution in [0.4, 0.5) is 5.95 Å². The SMILES string of the molecule is Cc1nc2c([nH]1)c(=O)nc1n2C(C)[C@@H](C2CCCCC2)N1. The maximum absolute atomic E-state index is 12.1. The highest BCUT2D eigenvalue weighted by Gasteiger charge is 2.37. The Balaban J connectivity index is 1.80. The number of rotatable bonds is 1. The van der Waals surface area contributed by atoms with Gasteiger partial charge in [0.15, 0.2) is 11.2 Å². The molecule has 0 saturated heterocycles. The minimum Gasteiger partial charge on any atom is -0.350 e. The number of aryl methyl sites for hydroxylation is 1. The molecule has 1 fully saturated rings. The summed E-state index contributed by atoms with van der Waals surface area (Å²) in [6.45, 7) is 4.08. The normalized spacial score (nSPS) is 26.0. The van der Waals surface area contributed by atoms with Crippen molar-refractivity contribution in [3.05, 3.63) is 16.2 Å². The van der Waals surface area contributed by atoms with Gasteiger partial charge in [-0.1, -0.05) is 19.3 Å². The highest BCUT2D eigenvalue weighted by molar-refractivity contribution is 5.73. The Morgan fingerprint density at radius 1 is 1.19 bits per heavy atom. The summed E-state index contributed by atoms with van der Waals surface area (Å²) >= 11 is 0. The lowest BCUT2D eigenvalue weighted by Gasteiger charge is -2.30. The second kappa shape index (κ2) is 4.58. The third-order valence-corrected chi connectivity index (χ3v) is 5.06. The number of imidazole rings is 1. The van der Waals surface area contributed by atoms with Crippen LogP contribution < -0.4 is 10.9 Å². The van der Waals surface area contributed by atoms with Gasteiger partial charge in [0.1, 0.15) is 5.82 Å². The van der Waals surface area contributed by atoms with Crippen LogP contribution in [0.3, 0.4) is 0 Å². The highest BCUT2D eigenvalue weighted by Crippen LogP contribution is 2.38. The van der Waals surface area contributed by atoms with Crippen molar-refractivity contribution in [1.82, 2.24) is 19.5 Å². The van der Waals surface area contributed by atoms with E-state index in [0.717, 1.165) is 11.5 Å². The first-order valence-electron chi connectivity index (χ1n) is 7.90. The molecular formula is C15H21N5O. The van der Waals surface area contributed by atoms with Gasteiger partial charge in [0.25, 0.3) is 0 Å². The molecule has 0 aromatic carbocycles. The van der Waals surface area contributed by atoms with E-state index >= 15 is 0 Å². The van der Waals surface area contributed by atoms with Crippen LogP contribution in [0.15, 0.2) is 4.79 Å². The number of aromatic nitrogens is 4. The molecule has 2 N–H and O–H groups in total. The lowest BCUT2D eigenvalue weighted by molar-refractivity contribution is 0.286. The van der Waals surface area contributed by atoms with E-state index in [4.69, 9.17) is 0 Å². The van der Waals surface area contributed by atoms with E-state index in [1.807, 2.05) is 6.92 Å². The number of nitrogens with one attached hydrogen (secondary N) is 2. The molecule has 2 atom stereocenters. The smallest absolute Gasteiger partial charge is 0.300 e. The van der Waals surface area contributed by atoms with Crippen molar-refractivity contribution < 1.29 is 0 Å². The van der Waals surface area contributed by atoms with Crippen molar-refractivity contribution >= 4 is 17.1 Å². The topological polar surface area (TPSA) is 75.6 Å². The second-order valence-electron chi connectivity index (χ2n) is 6.44. The van der Waals surface area contributed by atoms with E-state index in [0.29, 0.717) is 23.4 Å². The predicted octanol–water partition coefficient (Wildman–Crippen LogP) is 2.36. The number of fused-ring (bicyclic) bond motifs is 3. The van der Waals surface area contributed by atoms with Crippen LogP contribution in [0.25, 0.3) is 11.2 Å². The monoisotopic (exact) mass is 287 g/mol. The minimum absolute atomic E-state index is 0.221. The lowest BCUT2D eigenvalue weighted by Crippen LogP contribution is -2.31. The summed E-state index contributed by atoms with van der Waals surface area (Å²) in [6, 6.07) is 0.640. The Labute approximate surface area is 123 Å². The van der Waals surface area contributed by atoms with Gasteiger partial charge in [-0.3, -0.25) is 9.36 Å². The van der Waals surface area contributed by atoms with Gasteiger partial charge in [-0.2, -0.15) is 4.98 Å². The predicted molar refractivity (Wildman–Crippen MR) is 81.6 cm³/mol. The van der Waals surface area contributed by atoms with Crippen LogP contribution in [-0.2, 0) is 0 Å². The summed E-state index contributed by atoms with van der Waals surface area (Å²) < 4.78 is 2.10. The third-order valence-electron chi connectivity index (χ3n) is 5.06. The van der Waals surface area contributed by atoms with Crippen molar-refractivity contribution in [3.8, 4) is 0 Å². The summed E-state index contributed by atoms with van der Waals surface area (Å²) in [4.78, 5) is 23.9. The molecule has 1 aliphatic carbocycles. The second-order valence-corrected chi connectivity index (χ2v) is 6.44. The van der Waals surface area contributed by atoms with Crippen LogP contribution in [0.2, 0.25) is 0 Å². The first-order valence-corrected chi connectivity index (χ1v) is 7.90. The molecule has 1 saturated carbocycles. The van der Waals surface area contributed by atoms with E-state index in [-0.39, 0.29) is 11.6 Å². The fourth-order valence-corrected chi connectivity index (χ4v) is 4.03. The van der Waals surface area contributed by atoms with Gasteiger partial charge in [0.05, 0.1) is 12.1 Å². The van der Waals surface area contributed by atoms with Crippen molar-refractivity contribution in [2.45, 2.75) is 58.0 Å².